The Kier molecular flexibility index (Phi) is 4.96. The summed E-state index contributed by atoms with van der Waals surface area (Å²) in [6.45, 7) is 3.72. The molecule has 0 spiro atoms. The molecular weight excluding hydrogens is 380 g/mol. The molecule has 1 atom stereocenters. The number of hydrogen-bond donors (Lipinski definition) is 1. The number of amides is 2. The van der Waals surface area contributed by atoms with Crippen LogP contribution in [-0.2, 0) is 0 Å². The van der Waals surface area contributed by atoms with Gasteiger partial charge in [0.15, 0.2) is 16.3 Å². The van der Waals surface area contributed by atoms with Gasteiger partial charge in [-0.05, 0) is 18.1 Å². The number of carbonyl (C=O) groups is 1. The summed E-state index contributed by atoms with van der Waals surface area (Å²) in [7, 11) is 3.13. The van der Waals surface area contributed by atoms with Gasteiger partial charge in [-0.15, -0.1) is 8.78 Å². The molecule has 2 heterocycles. The van der Waals surface area contributed by atoms with E-state index in [9.17, 15) is 18.7 Å². The molecule has 3 rings (SSSR count). The number of ether oxygens (including phenoxy) is 2. The highest BCUT2D eigenvalue weighted by Crippen LogP contribution is 2.41. The third-order valence-corrected chi connectivity index (χ3v) is 4.88. The van der Waals surface area contributed by atoms with Gasteiger partial charge in [-0.1, -0.05) is 25.2 Å². The van der Waals surface area contributed by atoms with E-state index in [2.05, 4.69) is 14.5 Å². The van der Waals surface area contributed by atoms with Crippen LogP contribution in [0.1, 0.15) is 24.8 Å². The van der Waals surface area contributed by atoms with E-state index in [-0.39, 0.29) is 17.4 Å². The van der Waals surface area contributed by atoms with Gasteiger partial charge in [0.25, 0.3) is 0 Å². The summed E-state index contributed by atoms with van der Waals surface area (Å²) in [6.07, 6.45) is -2.84. The Morgan fingerprint density at radius 2 is 1.96 bits per heavy atom. The zero-order valence-corrected chi connectivity index (χ0v) is 16.0. The molecule has 146 valence electrons. The summed E-state index contributed by atoms with van der Waals surface area (Å²) in [5.41, 5.74) is 0.443. The largest absolute Gasteiger partial charge is 0.586 e. The molecule has 1 aromatic heterocycles. The van der Waals surface area contributed by atoms with E-state index in [0.29, 0.717) is 15.4 Å². The van der Waals surface area contributed by atoms with Crippen LogP contribution in [0.25, 0.3) is 5.69 Å². The number of aliphatic hydroxyl groups is 1. The second kappa shape index (κ2) is 6.93. The Morgan fingerprint density at radius 3 is 2.59 bits per heavy atom. The molecule has 7 nitrogen and oxygen atoms in total. The van der Waals surface area contributed by atoms with Crippen LogP contribution in [0, 0.1) is 5.92 Å². The van der Waals surface area contributed by atoms with Crippen molar-refractivity contribution in [2.45, 2.75) is 26.2 Å². The Labute approximate surface area is 158 Å². The normalized spacial score (nSPS) is 16.7. The Morgan fingerprint density at radius 1 is 1.30 bits per heavy atom. The molecule has 0 saturated heterocycles. The van der Waals surface area contributed by atoms with Gasteiger partial charge in [0, 0.05) is 26.4 Å². The van der Waals surface area contributed by atoms with Crippen LogP contribution in [-0.4, -0.2) is 41.0 Å². The molecule has 0 radical (unpaired) electrons. The molecular formula is C17H19F2N3O4S. The number of aliphatic hydroxyl groups excluding tert-OH is 1. The van der Waals surface area contributed by atoms with E-state index in [0.717, 1.165) is 11.3 Å². The van der Waals surface area contributed by atoms with Crippen LogP contribution in [0.15, 0.2) is 29.4 Å². The van der Waals surface area contributed by atoms with Gasteiger partial charge < -0.3 is 19.5 Å². The maximum Gasteiger partial charge on any atom is 0.586 e. The lowest BCUT2D eigenvalue weighted by Crippen LogP contribution is -2.26. The van der Waals surface area contributed by atoms with Gasteiger partial charge in [-0.3, -0.25) is 4.57 Å². The zero-order chi connectivity index (χ0) is 19.9. The second-order valence-corrected chi connectivity index (χ2v) is 7.60. The number of halogens is 2. The second-order valence-electron chi connectivity index (χ2n) is 6.56. The predicted molar refractivity (Wildman–Crippen MR) is 94.3 cm³/mol. The first-order chi connectivity index (χ1) is 12.6. The molecule has 2 aromatic rings. The van der Waals surface area contributed by atoms with Crippen molar-refractivity contribution in [1.29, 1.82) is 0 Å². The Bertz CT molecular complexity index is 937. The molecule has 0 aliphatic carbocycles. The van der Waals surface area contributed by atoms with Crippen LogP contribution >= 0.6 is 11.3 Å². The summed E-state index contributed by atoms with van der Waals surface area (Å²) in [5.74, 6) is -0.248. The predicted octanol–water partition coefficient (Wildman–Crippen LogP) is 3.13. The number of rotatable bonds is 3. The third kappa shape index (κ3) is 3.96. The van der Waals surface area contributed by atoms with E-state index in [4.69, 9.17) is 0 Å². The molecule has 0 bridgehead atoms. The van der Waals surface area contributed by atoms with Crippen LogP contribution in [0.4, 0.5) is 13.6 Å². The highest BCUT2D eigenvalue weighted by molar-refractivity contribution is 7.09. The minimum atomic E-state index is -3.71. The SMILES string of the molecule is CC(C)C(O)c1cn(-c2ccc3c(c2)OC(F)(F)O3)/c(=N/C(=O)N(C)C)s1. The highest BCUT2D eigenvalue weighted by atomic mass is 32.1. The molecule has 2 amide bonds. The lowest BCUT2D eigenvalue weighted by molar-refractivity contribution is -0.286. The van der Waals surface area contributed by atoms with Gasteiger partial charge in [0.2, 0.25) is 0 Å². The van der Waals surface area contributed by atoms with Crippen molar-refractivity contribution in [2.75, 3.05) is 14.1 Å². The number of hydrogen-bond acceptors (Lipinski definition) is 5. The van der Waals surface area contributed by atoms with Crippen molar-refractivity contribution in [1.82, 2.24) is 9.47 Å². The molecule has 10 heteroatoms. The number of benzene rings is 1. The standard InChI is InChI=1S/C17H19F2N3O4S/c1-9(2)14(23)13-8-22(16(27-13)20-15(24)21(3)4)10-5-6-11-12(7-10)26-17(18,19)25-11/h5-9,14,23H,1-4H3/b20-16-. The molecule has 1 aliphatic rings. The summed E-state index contributed by atoms with van der Waals surface area (Å²) in [5, 5.41) is 10.4. The molecule has 1 aromatic carbocycles. The van der Waals surface area contributed by atoms with Crippen LogP contribution in [0.5, 0.6) is 11.5 Å². The smallest absolute Gasteiger partial charge is 0.395 e. The summed E-state index contributed by atoms with van der Waals surface area (Å²) in [6, 6.07) is 3.78. The van der Waals surface area contributed by atoms with E-state index in [1.807, 2.05) is 13.8 Å². The summed E-state index contributed by atoms with van der Waals surface area (Å²) in [4.78, 5) is 18.3. The quantitative estimate of drug-likeness (QED) is 0.860. The lowest BCUT2D eigenvalue weighted by atomic mass is 10.1. The van der Waals surface area contributed by atoms with Crippen LogP contribution in [0.2, 0.25) is 0 Å². The average molecular weight is 399 g/mol. The summed E-state index contributed by atoms with van der Waals surface area (Å²) >= 11 is 1.15. The van der Waals surface area contributed by atoms with Crippen molar-refractivity contribution in [3.63, 3.8) is 0 Å². The Hall–Kier alpha value is -2.46. The third-order valence-electron chi connectivity index (χ3n) is 3.83. The molecule has 27 heavy (non-hydrogen) atoms. The summed E-state index contributed by atoms with van der Waals surface area (Å²) < 4.78 is 37.0. The van der Waals surface area contributed by atoms with Crippen molar-refractivity contribution in [3.05, 3.63) is 34.1 Å². The minimum absolute atomic E-state index is 0.0510. The van der Waals surface area contributed by atoms with Gasteiger partial charge in [0.1, 0.15) is 0 Å². The number of alkyl halides is 2. The number of fused-ring (bicyclic) bond motifs is 1. The lowest BCUT2D eigenvalue weighted by Gasteiger charge is -2.11. The number of thiazole rings is 1. The number of carbonyl (C=O) groups excluding carboxylic acids is 1. The number of nitrogens with zero attached hydrogens (tertiary/aromatic N) is 3. The fourth-order valence-electron chi connectivity index (χ4n) is 2.36. The van der Waals surface area contributed by atoms with Crippen LogP contribution < -0.4 is 14.3 Å². The molecule has 1 unspecified atom stereocenters. The van der Waals surface area contributed by atoms with Gasteiger partial charge >= 0.3 is 12.3 Å². The molecule has 0 fully saturated rings. The molecule has 1 aliphatic heterocycles. The van der Waals surface area contributed by atoms with E-state index >= 15 is 0 Å². The maximum absolute atomic E-state index is 13.3. The first-order valence-corrected chi connectivity index (χ1v) is 8.96. The van der Waals surface area contributed by atoms with Crippen molar-refractivity contribution < 1.29 is 28.2 Å². The number of urea groups is 1. The van der Waals surface area contributed by atoms with Crippen molar-refractivity contribution >= 4 is 17.4 Å². The van der Waals surface area contributed by atoms with Gasteiger partial charge in [0.05, 0.1) is 16.7 Å². The minimum Gasteiger partial charge on any atom is -0.395 e. The Balaban J connectivity index is 2.11. The fraction of sp³-hybridized carbons (Fsp3) is 0.412. The van der Waals surface area contributed by atoms with E-state index in [1.54, 1.807) is 30.9 Å². The van der Waals surface area contributed by atoms with Crippen molar-refractivity contribution in [2.24, 2.45) is 10.9 Å². The first-order valence-electron chi connectivity index (χ1n) is 8.14. The maximum atomic E-state index is 13.3. The van der Waals surface area contributed by atoms with E-state index in [1.165, 1.54) is 17.0 Å². The average Bonchev–Trinajstić information content (AvgIpc) is 3.12. The van der Waals surface area contributed by atoms with Gasteiger partial charge in [-0.25, -0.2) is 4.79 Å². The zero-order valence-electron chi connectivity index (χ0n) is 15.1. The topological polar surface area (TPSA) is 76.3 Å². The van der Waals surface area contributed by atoms with Crippen molar-refractivity contribution in [3.8, 4) is 17.2 Å². The monoisotopic (exact) mass is 399 g/mol. The highest BCUT2D eigenvalue weighted by Gasteiger charge is 2.43. The molecule has 0 saturated carbocycles. The number of aromatic nitrogens is 1. The fourth-order valence-corrected chi connectivity index (χ4v) is 3.50. The van der Waals surface area contributed by atoms with Gasteiger partial charge in [-0.2, -0.15) is 4.99 Å². The first kappa shape index (κ1) is 19.3. The van der Waals surface area contributed by atoms with Crippen LogP contribution in [0.3, 0.4) is 0 Å². The molecule has 1 N–H and O–H groups in total. The van der Waals surface area contributed by atoms with E-state index < -0.39 is 18.4 Å².